The van der Waals surface area contributed by atoms with Crippen LogP contribution in [0.25, 0.3) is 16.0 Å². The second-order valence-corrected chi connectivity index (χ2v) is 10.6. The maximum Gasteiger partial charge on any atom is 0.301 e. The van der Waals surface area contributed by atoms with Gasteiger partial charge in [0.2, 0.25) is 5.75 Å². The smallest absolute Gasteiger partial charge is 0.301 e. The van der Waals surface area contributed by atoms with E-state index < -0.39 is 17.7 Å². The van der Waals surface area contributed by atoms with Crippen LogP contribution in [0.3, 0.4) is 0 Å². The van der Waals surface area contributed by atoms with E-state index in [1.54, 1.807) is 42.5 Å². The minimum Gasteiger partial charge on any atom is -0.507 e. The summed E-state index contributed by atoms with van der Waals surface area (Å²) >= 11 is 1.23. The molecular weight excluding hydrogens is 576 g/mol. The van der Waals surface area contributed by atoms with Gasteiger partial charge in [0.1, 0.15) is 24.7 Å². The molecule has 1 amide bonds. The summed E-state index contributed by atoms with van der Waals surface area (Å²) in [7, 11) is 4.42. The third-order valence-electron chi connectivity index (χ3n) is 7.13. The van der Waals surface area contributed by atoms with Crippen molar-refractivity contribution in [2.45, 2.75) is 13.0 Å². The highest BCUT2D eigenvalue weighted by atomic mass is 32.1. The van der Waals surface area contributed by atoms with Crippen molar-refractivity contribution >= 4 is 44.1 Å². The molecule has 6 rings (SSSR count). The highest BCUT2D eigenvalue weighted by Crippen LogP contribution is 2.48. The Balaban J connectivity index is 1.57. The summed E-state index contributed by atoms with van der Waals surface area (Å²) in [6, 6.07) is 12.4. The van der Waals surface area contributed by atoms with Gasteiger partial charge >= 0.3 is 5.91 Å². The maximum absolute atomic E-state index is 13.8. The van der Waals surface area contributed by atoms with Gasteiger partial charge in [-0.2, -0.15) is 0 Å². The van der Waals surface area contributed by atoms with Gasteiger partial charge in [-0.15, -0.1) is 0 Å². The number of thiazole rings is 1. The third-order valence-corrected chi connectivity index (χ3v) is 8.15. The molecule has 0 radical (unpaired) electrons. The van der Waals surface area contributed by atoms with Crippen LogP contribution in [0.1, 0.15) is 24.1 Å². The largest absolute Gasteiger partial charge is 0.507 e. The highest BCUT2D eigenvalue weighted by molar-refractivity contribution is 7.22. The van der Waals surface area contributed by atoms with Gasteiger partial charge in [-0.25, -0.2) is 4.98 Å². The summed E-state index contributed by atoms with van der Waals surface area (Å²) in [6.45, 7) is 3.13. The van der Waals surface area contributed by atoms with Gasteiger partial charge < -0.3 is 33.5 Å². The lowest BCUT2D eigenvalue weighted by atomic mass is 9.94. The zero-order valence-electron chi connectivity index (χ0n) is 23.8. The first kappa shape index (κ1) is 28.2. The summed E-state index contributed by atoms with van der Waals surface area (Å²) in [4.78, 5) is 33.5. The summed E-state index contributed by atoms with van der Waals surface area (Å²) in [6.07, 6.45) is 0. The van der Waals surface area contributed by atoms with E-state index in [2.05, 4.69) is 4.98 Å². The van der Waals surface area contributed by atoms with Crippen molar-refractivity contribution in [1.82, 2.24) is 4.98 Å². The Labute approximate surface area is 250 Å². The minimum atomic E-state index is -1.09. The van der Waals surface area contributed by atoms with Crippen LogP contribution in [0, 0.1) is 0 Å². The van der Waals surface area contributed by atoms with E-state index in [0.29, 0.717) is 65.4 Å². The van der Waals surface area contributed by atoms with Crippen molar-refractivity contribution in [3.8, 4) is 34.5 Å². The molecule has 0 bridgehead atoms. The van der Waals surface area contributed by atoms with Crippen LogP contribution in [-0.4, -0.2) is 62.9 Å². The van der Waals surface area contributed by atoms with E-state index in [-0.39, 0.29) is 22.0 Å². The molecule has 2 aliphatic heterocycles. The standard InChI is InChI=1S/C31H28N2O9S/c1-5-40-18-7-8-19-24(15-18)43-31(32-19)33-26(17-13-22(37-2)29(39-4)23(14-17)38-3)25(28(35)30(33)36)27(34)16-6-9-20-21(12-16)42-11-10-41-20/h6-9,12-15,26,34H,5,10-11H2,1-4H3/t26-/m1/s1. The summed E-state index contributed by atoms with van der Waals surface area (Å²) in [5.41, 5.74) is 1.21. The predicted octanol–water partition coefficient (Wildman–Crippen LogP) is 5.12. The Bertz CT molecular complexity index is 1760. The number of aliphatic hydroxyl groups excluding tert-OH is 1. The molecule has 0 aliphatic carbocycles. The molecule has 0 spiro atoms. The normalized spacial score (nSPS) is 17.3. The number of carbonyl (C=O) groups is 2. The number of amides is 1. The molecule has 3 aromatic carbocycles. The molecule has 4 aromatic rings. The third kappa shape index (κ3) is 4.83. The van der Waals surface area contributed by atoms with E-state index in [1.807, 2.05) is 13.0 Å². The average Bonchev–Trinajstić information content (AvgIpc) is 3.57. The first-order valence-corrected chi connectivity index (χ1v) is 14.2. The van der Waals surface area contributed by atoms with Crippen LogP contribution >= 0.6 is 11.3 Å². The first-order valence-electron chi connectivity index (χ1n) is 13.4. The molecule has 43 heavy (non-hydrogen) atoms. The van der Waals surface area contributed by atoms with Gasteiger partial charge in [0.15, 0.2) is 28.1 Å². The number of fused-ring (bicyclic) bond motifs is 2. The van der Waals surface area contributed by atoms with Crippen LogP contribution in [0.15, 0.2) is 54.1 Å². The van der Waals surface area contributed by atoms with Crippen LogP contribution in [0.4, 0.5) is 5.13 Å². The van der Waals surface area contributed by atoms with E-state index in [1.165, 1.54) is 37.6 Å². The first-order chi connectivity index (χ1) is 20.9. The number of aliphatic hydroxyl groups is 1. The Morgan fingerprint density at radius 2 is 1.70 bits per heavy atom. The Kier molecular flexibility index (Phi) is 7.45. The van der Waals surface area contributed by atoms with Crippen LogP contribution < -0.4 is 33.3 Å². The average molecular weight is 605 g/mol. The topological polar surface area (TPSA) is 126 Å². The molecule has 1 N–H and O–H groups in total. The molecule has 11 nitrogen and oxygen atoms in total. The lowest BCUT2D eigenvalue weighted by molar-refractivity contribution is -0.132. The zero-order valence-corrected chi connectivity index (χ0v) is 24.6. The molecule has 3 heterocycles. The molecule has 0 unspecified atom stereocenters. The summed E-state index contributed by atoms with van der Waals surface area (Å²) < 4.78 is 34.3. The quantitative estimate of drug-likeness (QED) is 0.165. The van der Waals surface area contributed by atoms with Gasteiger partial charge in [0.25, 0.3) is 5.78 Å². The molecule has 1 aromatic heterocycles. The zero-order chi connectivity index (χ0) is 30.2. The fraction of sp³-hybridized carbons (Fsp3) is 0.258. The van der Waals surface area contributed by atoms with Crippen molar-refractivity contribution in [2.75, 3.05) is 46.0 Å². The number of ether oxygens (including phenoxy) is 6. The van der Waals surface area contributed by atoms with Crippen LogP contribution in [0.5, 0.6) is 34.5 Å². The summed E-state index contributed by atoms with van der Waals surface area (Å²) in [5, 5.41) is 11.9. The van der Waals surface area contributed by atoms with Crippen molar-refractivity contribution in [1.29, 1.82) is 0 Å². The van der Waals surface area contributed by atoms with Gasteiger partial charge in [-0.3, -0.25) is 14.5 Å². The molecule has 1 fully saturated rings. The molecule has 1 atom stereocenters. The number of carbonyl (C=O) groups excluding carboxylic acids is 2. The number of hydrogen-bond acceptors (Lipinski definition) is 11. The number of aromatic nitrogens is 1. The fourth-order valence-electron chi connectivity index (χ4n) is 5.20. The number of rotatable bonds is 8. The molecule has 2 aliphatic rings. The van der Waals surface area contributed by atoms with Crippen molar-refractivity contribution in [3.05, 3.63) is 65.2 Å². The van der Waals surface area contributed by atoms with Crippen LogP contribution in [-0.2, 0) is 9.59 Å². The number of nitrogens with zero attached hydrogens (tertiary/aromatic N) is 2. The van der Waals surface area contributed by atoms with Crippen LogP contribution in [0.2, 0.25) is 0 Å². The number of methoxy groups -OCH3 is 3. The van der Waals surface area contributed by atoms with E-state index >= 15 is 0 Å². The monoisotopic (exact) mass is 604 g/mol. The van der Waals surface area contributed by atoms with E-state index in [9.17, 15) is 14.7 Å². The summed E-state index contributed by atoms with van der Waals surface area (Å²) in [5.74, 6) is 0.460. The molecular formula is C31H28N2O9S. The van der Waals surface area contributed by atoms with E-state index in [0.717, 1.165) is 4.70 Å². The molecule has 222 valence electrons. The number of anilines is 1. The fourth-order valence-corrected chi connectivity index (χ4v) is 6.22. The second kappa shape index (κ2) is 11.4. The van der Waals surface area contributed by atoms with E-state index in [4.69, 9.17) is 28.4 Å². The minimum absolute atomic E-state index is 0.134. The number of ketones is 1. The Hall–Kier alpha value is -4.97. The van der Waals surface area contributed by atoms with Crippen molar-refractivity contribution in [3.63, 3.8) is 0 Å². The lowest BCUT2D eigenvalue weighted by Crippen LogP contribution is -2.29. The number of benzene rings is 3. The number of hydrogen-bond donors (Lipinski definition) is 1. The molecule has 12 heteroatoms. The van der Waals surface area contributed by atoms with Crippen molar-refractivity contribution in [2.24, 2.45) is 0 Å². The lowest BCUT2D eigenvalue weighted by Gasteiger charge is -2.25. The van der Waals surface area contributed by atoms with Gasteiger partial charge in [0, 0.05) is 5.56 Å². The predicted molar refractivity (Wildman–Crippen MR) is 159 cm³/mol. The molecule has 1 saturated heterocycles. The highest BCUT2D eigenvalue weighted by Gasteiger charge is 2.48. The van der Waals surface area contributed by atoms with Gasteiger partial charge in [-0.05, 0) is 61.0 Å². The number of Topliss-reactive ketones (excluding diaryl/α,β-unsaturated/α-hetero) is 1. The Morgan fingerprint density at radius 1 is 0.977 bits per heavy atom. The Morgan fingerprint density at radius 3 is 2.37 bits per heavy atom. The second-order valence-electron chi connectivity index (χ2n) is 9.55. The SMILES string of the molecule is CCOc1ccc2nc(N3C(=O)C(=O)C(=C(O)c4ccc5c(c4)OCCO5)[C@H]3c3cc(OC)c(OC)c(OC)c3)sc2c1. The van der Waals surface area contributed by atoms with Gasteiger partial charge in [0.05, 0.1) is 49.8 Å². The molecule has 0 saturated carbocycles. The van der Waals surface area contributed by atoms with Gasteiger partial charge in [-0.1, -0.05) is 11.3 Å². The maximum atomic E-state index is 13.8. The van der Waals surface area contributed by atoms with Crippen molar-refractivity contribution < 1.29 is 43.1 Å².